The summed E-state index contributed by atoms with van der Waals surface area (Å²) in [5.74, 6) is 1.13. The summed E-state index contributed by atoms with van der Waals surface area (Å²) in [6.07, 6.45) is 1.82. The SMILES string of the molecule is Cc1nc2ccccn2c1C(=O)Nc1nc2cc3c(cc2s1)OCO3. The first-order chi connectivity index (χ1) is 12.2. The van der Waals surface area contributed by atoms with Crippen molar-refractivity contribution in [3.8, 4) is 11.5 Å². The van der Waals surface area contributed by atoms with Crippen LogP contribution in [0.15, 0.2) is 36.5 Å². The van der Waals surface area contributed by atoms with Gasteiger partial charge in [0.05, 0.1) is 15.9 Å². The van der Waals surface area contributed by atoms with E-state index in [-0.39, 0.29) is 12.7 Å². The lowest BCUT2D eigenvalue weighted by Gasteiger charge is -2.02. The predicted molar refractivity (Wildman–Crippen MR) is 93.6 cm³/mol. The van der Waals surface area contributed by atoms with Gasteiger partial charge in [0.15, 0.2) is 16.6 Å². The van der Waals surface area contributed by atoms with Crippen molar-refractivity contribution >= 4 is 38.2 Å². The van der Waals surface area contributed by atoms with E-state index in [0.29, 0.717) is 28.0 Å². The average Bonchev–Trinajstić information content (AvgIpc) is 3.26. The molecule has 1 amide bonds. The molecule has 1 aliphatic rings. The highest BCUT2D eigenvalue weighted by atomic mass is 32.1. The summed E-state index contributed by atoms with van der Waals surface area (Å²) in [5, 5.41) is 3.39. The zero-order chi connectivity index (χ0) is 17.0. The summed E-state index contributed by atoms with van der Waals surface area (Å²) in [7, 11) is 0. The molecule has 0 bridgehead atoms. The molecule has 3 aromatic heterocycles. The van der Waals surface area contributed by atoms with Crippen molar-refractivity contribution in [3.05, 3.63) is 47.9 Å². The van der Waals surface area contributed by atoms with Crippen LogP contribution in [-0.2, 0) is 0 Å². The summed E-state index contributed by atoms with van der Waals surface area (Å²) in [6.45, 7) is 2.04. The van der Waals surface area contributed by atoms with E-state index in [1.165, 1.54) is 11.3 Å². The van der Waals surface area contributed by atoms with Gasteiger partial charge < -0.3 is 9.47 Å². The molecular weight excluding hydrogens is 340 g/mol. The molecule has 25 heavy (non-hydrogen) atoms. The number of carbonyl (C=O) groups excluding carboxylic acids is 1. The van der Waals surface area contributed by atoms with Gasteiger partial charge in [-0.1, -0.05) is 17.4 Å². The zero-order valence-corrected chi connectivity index (χ0v) is 14.0. The molecule has 0 aliphatic carbocycles. The molecule has 0 unspecified atom stereocenters. The molecule has 0 radical (unpaired) electrons. The number of pyridine rings is 1. The lowest BCUT2D eigenvalue weighted by molar-refractivity contribution is 0.102. The topological polar surface area (TPSA) is 77.8 Å². The van der Waals surface area contributed by atoms with E-state index < -0.39 is 0 Å². The summed E-state index contributed by atoms with van der Waals surface area (Å²) in [5.41, 5.74) is 2.68. The lowest BCUT2D eigenvalue weighted by atomic mass is 10.3. The fourth-order valence-corrected chi connectivity index (χ4v) is 3.79. The number of amides is 1. The van der Waals surface area contributed by atoms with Crippen molar-refractivity contribution in [3.63, 3.8) is 0 Å². The minimum atomic E-state index is -0.240. The Hall–Kier alpha value is -3.13. The third-order valence-corrected chi connectivity index (χ3v) is 4.96. The molecule has 7 nitrogen and oxygen atoms in total. The molecule has 8 heteroatoms. The normalized spacial score (nSPS) is 12.8. The van der Waals surface area contributed by atoms with Crippen molar-refractivity contribution in [2.45, 2.75) is 6.92 Å². The Morgan fingerprint density at radius 2 is 2.08 bits per heavy atom. The molecule has 1 aliphatic heterocycles. The number of carbonyl (C=O) groups is 1. The van der Waals surface area contributed by atoms with Crippen molar-refractivity contribution in [1.82, 2.24) is 14.4 Å². The molecule has 0 fully saturated rings. The Labute approximate surface area is 145 Å². The second-order valence-corrected chi connectivity index (χ2v) is 6.65. The number of benzene rings is 1. The van der Waals surface area contributed by atoms with Crippen LogP contribution in [0.1, 0.15) is 16.2 Å². The number of ether oxygens (including phenoxy) is 2. The molecule has 1 aromatic carbocycles. The first-order valence-corrected chi connectivity index (χ1v) is 8.46. The highest BCUT2D eigenvalue weighted by Gasteiger charge is 2.20. The Morgan fingerprint density at radius 3 is 2.96 bits per heavy atom. The molecule has 4 aromatic rings. The molecule has 0 saturated heterocycles. The van der Waals surface area contributed by atoms with Crippen LogP contribution in [0.4, 0.5) is 5.13 Å². The molecule has 5 rings (SSSR count). The van der Waals surface area contributed by atoms with Gasteiger partial charge in [0, 0.05) is 18.3 Å². The van der Waals surface area contributed by atoms with Gasteiger partial charge in [0.2, 0.25) is 6.79 Å². The van der Waals surface area contributed by atoms with Crippen LogP contribution in [0.3, 0.4) is 0 Å². The Balaban J connectivity index is 1.51. The van der Waals surface area contributed by atoms with Crippen LogP contribution < -0.4 is 14.8 Å². The number of aryl methyl sites for hydroxylation is 1. The van der Waals surface area contributed by atoms with Crippen molar-refractivity contribution in [1.29, 1.82) is 0 Å². The molecule has 1 N–H and O–H groups in total. The van der Waals surface area contributed by atoms with E-state index >= 15 is 0 Å². The monoisotopic (exact) mass is 352 g/mol. The van der Waals surface area contributed by atoms with Gasteiger partial charge >= 0.3 is 0 Å². The van der Waals surface area contributed by atoms with Gasteiger partial charge in [0.25, 0.3) is 5.91 Å². The van der Waals surface area contributed by atoms with Gasteiger partial charge in [-0.25, -0.2) is 9.97 Å². The number of nitrogens with one attached hydrogen (secondary N) is 1. The van der Waals surface area contributed by atoms with Gasteiger partial charge in [-0.05, 0) is 19.1 Å². The highest BCUT2D eigenvalue weighted by Crippen LogP contribution is 2.39. The summed E-state index contributed by atoms with van der Waals surface area (Å²) >= 11 is 1.39. The van der Waals surface area contributed by atoms with E-state index in [1.807, 2.05) is 43.5 Å². The van der Waals surface area contributed by atoms with Gasteiger partial charge in [0.1, 0.15) is 11.3 Å². The van der Waals surface area contributed by atoms with Crippen molar-refractivity contribution in [2.24, 2.45) is 0 Å². The van der Waals surface area contributed by atoms with Gasteiger partial charge in [-0.2, -0.15) is 0 Å². The zero-order valence-electron chi connectivity index (χ0n) is 13.1. The van der Waals surface area contributed by atoms with E-state index in [1.54, 1.807) is 4.40 Å². The fourth-order valence-electron chi connectivity index (χ4n) is 2.91. The molecule has 0 atom stereocenters. The minimum Gasteiger partial charge on any atom is -0.454 e. The Morgan fingerprint density at radius 1 is 1.24 bits per heavy atom. The van der Waals surface area contributed by atoms with Crippen LogP contribution >= 0.6 is 11.3 Å². The maximum absolute atomic E-state index is 12.7. The summed E-state index contributed by atoms with van der Waals surface area (Å²) < 4.78 is 13.4. The first kappa shape index (κ1) is 14.2. The predicted octanol–water partition coefficient (Wildman–Crippen LogP) is 3.23. The Bertz CT molecular complexity index is 1110. The van der Waals surface area contributed by atoms with Gasteiger partial charge in [-0.3, -0.25) is 14.5 Å². The summed E-state index contributed by atoms with van der Waals surface area (Å²) in [4.78, 5) is 21.6. The van der Waals surface area contributed by atoms with Crippen LogP contribution in [-0.4, -0.2) is 27.1 Å². The molecular formula is C17H12N4O3S. The van der Waals surface area contributed by atoms with E-state index in [9.17, 15) is 4.79 Å². The average molecular weight is 352 g/mol. The largest absolute Gasteiger partial charge is 0.454 e. The third kappa shape index (κ3) is 2.22. The number of hydrogen-bond acceptors (Lipinski definition) is 6. The van der Waals surface area contributed by atoms with Crippen LogP contribution in [0.25, 0.3) is 15.9 Å². The van der Waals surface area contributed by atoms with Gasteiger partial charge in [-0.15, -0.1) is 0 Å². The first-order valence-electron chi connectivity index (χ1n) is 7.64. The maximum Gasteiger partial charge on any atom is 0.276 e. The third-order valence-electron chi connectivity index (χ3n) is 4.02. The molecule has 124 valence electrons. The number of nitrogens with zero attached hydrogens (tertiary/aromatic N) is 3. The van der Waals surface area contributed by atoms with E-state index in [2.05, 4.69) is 15.3 Å². The highest BCUT2D eigenvalue weighted by molar-refractivity contribution is 7.22. The molecule has 0 spiro atoms. The number of aromatic nitrogens is 3. The smallest absolute Gasteiger partial charge is 0.276 e. The quantitative estimate of drug-likeness (QED) is 0.599. The van der Waals surface area contributed by atoms with E-state index in [0.717, 1.165) is 15.9 Å². The van der Waals surface area contributed by atoms with Crippen LogP contribution in [0.5, 0.6) is 11.5 Å². The lowest BCUT2D eigenvalue weighted by Crippen LogP contribution is -2.15. The fraction of sp³-hybridized carbons (Fsp3) is 0.118. The Kier molecular flexibility index (Phi) is 2.95. The molecule has 0 saturated carbocycles. The van der Waals surface area contributed by atoms with E-state index in [4.69, 9.17) is 9.47 Å². The second-order valence-electron chi connectivity index (χ2n) is 5.62. The van der Waals surface area contributed by atoms with Crippen molar-refractivity contribution < 1.29 is 14.3 Å². The minimum absolute atomic E-state index is 0.226. The molecule has 4 heterocycles. The summed E-state index contributed by atoms with van der Waals surface area (Å²) in [6, 6.07) is 9.32. The number of anilines is 1. The second kappa shape index (κ2) is 5.18. The standard InChI is InChI=1S/C17H12N4O3S/c1-9-15(21-5-3-2-4-14(21)18-9)16(22)20-17-19-10-6-11-12(24-8-23-11)7-13(10)25-17/h2-7H,8H2,1H3,(H,19,20,22). The number of hydrogen-bond donors (Lipinski definition) is 1. The number of fused-ring (bicyclic) bond motifs is 3. The number of rotatable bonds is 2. The number of thiazole rings is 1. The van der Waals surface area contributed by atoms with Crippen LogP contribution in [0.2, 0.25) is 0 Å². The van der Waals surface area contributed by atoms with Crippen LogP contribution in [0, 0.1) is 6.92 Å². The van der Waals surface area contributed by atoms with Crippen molar-refractivity contribution in [2.75, 3.05) is 12.1 Å². The number of imidazole rings is 1. The maximum atomic E-state index is 12.7.